The molecule has 0 aliphatic heterocycles. The molecule has 0 aliphatic carbocycles. The van der Waals surface area contributed by atoms with E-state index in [1.165, 1.54) is 11.1 Å². The number of aryl methyl sites for hydroxylation is 1. The van der Waals surface area contributed by atoms with Crippen LogP contribution in [0.4, 0.5) is 0 Å². The maximum Gasteiger partial charge on any atom is 0.173 e. The largest absolute Gasteiger partial charge is 0.293 e. The molecule has 0 fully saturated rings. The molecular formula is C16H18OS. The van der Waals surface area contributed by atoms with Crippen molar-refractivity contribution in [1.29, 1.82) is 0 Å². The Morgan fingerprint density at radius 3 is 2.67 bits per heavy atom. The van der Waals surface area contributed by atoms with Crippen molar-refractivity contribution in [2.45, 2.75) is 27.2 Å². The van der Waals surface area contributed by atoms with Gasteiger partial charge in [-0.2, -0.15) is 0 Å². The van der Waals surface area contributed by atoms with Gasteiger partial charge >= 0.3 is 0 Å². The van der Waals surface area contributed by atoms with Crippen LogP contribution in [0.2, 0.25) is 0 Å². The lowest BCUT2D eigenvalue weighted by Gasteiger charge is -2.01. The van der Waals surface area contributed by atoms with E-state index in [-0.39, 0.29) is 5.78 Å². The van der Waals surface area contributed by atoms with Crippen molar-refractivity contribution in [1.82, 2.24) is 0 Å². The Kier molecular flexibility index (Phi) is 3.97. The van der Waals surface area contributed by atoms with E-state index in [0.717, 1.165) is 10.4 Å². The molecule has 0 spiro atoms. The zero-order chi connectivity index (χ0) is 13.1. The summed E-state index contributed by atoms with van der Waals surface area (Å²) in [6.07, 6.45) is 0.633. The van der Waals surface area contributed by atoms with Gasteiger partial charge in [0.1, 0.15) is 0 Å². The third-order valence-electron chi connectivity index (χ3n) is 2.82. The van der Waals surface area contributed by atoms with Crippen LogP contribution in [0.15, 0.2) is 35.7 Å². The number of carbonyl (C=O) groups is 1. The molecule has 0 radical (unpaired) electrons. The van der Waals surface area contributed by atoms with Crippen molar-refractivity contribution in [2.75, 3.05) is 0 Å². The zero-order valence-corrected chi connectivity index (χ0v) is 11.9. The number of Topliss-reactive ketones (excluding diaryl/α,β-unsaturated/α-hetero) is 1. The lowest BCUT2D eigenvalue weighted by atomic mass is 10.0. The van der Waals surface area contributed by atoms with Crippen molar-refractivity contribution in [3.63, 3.8) is 0 Å². The Labute approximate surface area is 112 Å². The number of benzene rings is 1. The molecule has 0 aliphatic rings. The van der Waals surface area contributed by atoms with Gasteiger partial charge in [0.05, 0.1) is 4.88 Å². The highest BCUT2D eigenvalue weighted by molar-refractivity contribution is 7.12. The number of carbonyl (C=O) groups excluding carboxylic acids is 1. The molecule has 1 nitrogen and oxygen atoms in total. The van der Waals surface area contributed by atoms with Crippen LogP contribution in [0.5, 0.6) is 0 Å². The van der Waals surface area contributed by atoms with Gasteiger partial charge in [0, 0.05) is 6.42 Å². The number of hydrogen-bond acceptors (Lipinski definition) is 2. The fourth-order valence-corrected chi connectivity index (χ4v) is 2.80. The minimum Gasteiger partial charge on any atom is -0.293 e. The molecule has 2 aromatic rings. The summed E-state index contributed by atoms with van der Waals surface area (Å²) < 4.78 is 0. The molecule has 2 heteroatoms. The third kappa shape index (κ3) is 3.08. The Morgan fingerprint density at radius 1 is 1.22 bits per heavy atom. The van der Waals surface area contributed by atoms with Gasteiger partial charge in [-0.15, -0.1) is 11.3 Å². The van der Waals surface area contributed by atoms with E-state index in [2.05, 4.69) is 50.4 Å². The normalized spacial score (nSPS) is 10.9. The van der Waals surface area contributed by atoms with Crippen LogP contribution >= 0.6 is 11.3 Å². The van der Waals surface area contributed by atoms with Crippen molar-refractivity contribution in [3.8, 4) is 11.1 Å². The SMILES string of the molecule is Cc1cccc(-c2csc(C(=O)CC(C)C)c2)c1. The van der Waals surface area contributed by atoms with Crippen molar-refractivity contribution < 1.29 is 4.79 Å². The van der Waals surface area contributed by atoms with Crippen LogP contribution in [-0.2, 0) is 0 Å². The van der Waals surface area contributed by atoms with Gasteiger partial charge in [0.25, 0.3) is 0 Å². The van der Waals surface area contributed by atoms with Gasteiger partial charge in [0.2, 0.25) is 0 Å². The first-order valence-electron chi connectivity index (χ1n) is 6.25. The number of thiophene rings is 1. The smallest absolute Gasteiger partial charge is 0.173 e. The van der Waals surface area contributed by atoms with E-state index >= 15 is 0 Å². The number of hydrogen-bond donors (Lipinski definition) is 0. The standard InChI is InChI=1S/C16H18OS/c1-11(2)7-15(17)16-9-14(10-18-16)13-6-4-5-12(3)8-13/h4-6,8-11H,7H2,1-3H3. The predicted molar refractivity (Wildman–Crippen MR) is 78.3 cm³/mol. The summed E-state index contributed by atoms with van der Waals surface area (Å²) in [7, 11) is 0. The van der Waals surface area contributed by atoms with Gasteiger partial charge in [-0.1, -0.05) is 43.7 Å². The second-order valence-corrected chi connectivity index (χ2v) is 6.00. The summed E-state index contributed by atoms with van der Waals surface area (Å²) in [5.41, 5.74) is 3.58. The van der Waals surface area contributed by atoms with Gasteiger partial charge < -0.3 is 0 Å². The molecule has 0 amide bonds. The summed E-state index contributed by atoms with van der Waals surface area (Å²) in [5, 5.41) is 2.07. The minimum absolute atomic E-state index is 0.258. The molecular weight excluding hydrogens is 240 g/mol. The van der Waals surface area contributed by atoms with E-state index < -0.39 is 0 Å². The first kappa shape index (κ1) is 13.0. The van der Waals surface area contributed by atoms with E-state index in [1.807, 2.05) is 6.07 Å². The lowest BCUT2D eigenvalue weighted by Crippen LogP contribution is -2.00. The third-order valence-corrected chi connectivity index (χ3v) is 3.79. The molecule has 0 N–H and O–H groups in total. The summed E-state index contributed by atoms with van der Waals surface area (Å²) in [5.74, 6) is 0.677. The lowest BCUT2D eigenvalue weighted by molar-refractivity contribution is 0.0972. The Hall–Kier alpha value is -1.41. The fourth-order valence-electron chi connectivity index (χ4n) is 1.93. The quantitative estimate of drug-likeness (QED) is 0.709. The van der Waals surface area contributed by atoms with E-state index in [1.54, 1.807) is 11.3 Å². The molecule has 1 aromatic heterocycles. The summed E-state index contributed by atoms with van der Waals surface area (Å²) >= 11 is 1.55. The Morgan fingerprint density at radius 2 is 2.00 bits per heavy atom. The van der Waals surface area contributed by atoms with Crippen LogP contribution in [0.1, 0.15) is 35.5 Å². The van der Waals surface area contributed by atoms with Crippen molar-refractivity contribution >= 4 is 17.1 Å². The van der Waals surface area contributed by atoms with Crippen LogP contribution < -0.4 is 0 Å². The van der Waals surface area contributed by atoms with Crippen LogP contribution in [0.25, 0.3) is 11.1 Å². The van der Waals surface area contributed by atoms with Crippen molar-refractivity contribution in [2.24, 2.45) is 5.92 Å². The van der Waals surface area contributed by atoms with Gasteiger partial charge in [-0.05, 0) is 35.4 Å². The average Bonchev–Trinajstić information content (AvgIpc) is 2.77. The minimum atomic E-state index is 0.258. The highest BCUT2D eigenvalue weighted by Crippen LogP contribution is 2.27. The van der Waals surface area contributed by atoms with E-state index in [0.29, 0.717) is 12.3 Å². The first-order valence-corrected chi connectivity index (χ1v) is 7.13. The maximum absolute atomic E-state index is 12.0. The molecule has 1 heterocycles. The predicted octanol–water partition coefficient (Wildman–Crippen LogP) is 4.95. The second-order valence-electron chi connectivity index (χ2n) is 5.09. The van der Waals surface area contributed by atoms with Crippen LogP contribution in [0, 0.1) is 12.8 Å². The number of ketones is 1. The van der Waals surface area contributed by atoms with E-state index in [9.17, 15) is 4.79 Å². The molecule has 0 saturated heterocycles. The van der Waals surface area contributed by atoms with E-state index in [4.69, 9.17) is 0 Å². The summed E-state index contributed by atoms with van der Waals surface area (Å²) in [6, 6.07) is 10.4. The highest BCUT2D eigenvalue weighted by Gasteiger charge is 2.11. The second kappa shape index (κ2) is 5.49. The maximum atomic E-state index is 12.0. The molecule has 18 heavy (non-hydrogen) atoms. The molecule has 2 rings (SSSR count). The van der Waals surface area contributed by atoms with Gasteiger partial charge in [-0.3, -0.25) is 4.79 Å². The molecule has 0 atom stereocenters. The molecule has 1 aromatic carbocycles. The van der Waals surface area contributed by atoms with Gasteiger partial charge in [0.15, 0.2) is 5.78 Å². The zero-order valence-electron chi connectivity index (χ0n) is 11.1. The molecule has 0 unspecified atom stereocenters. The molecule has 94 valence electrons. The Bertz CT molecular complexity index is 552. The molecule has 0 saturated carbocycles. The van der Waals surface area contributed by atoms with Crippen molar-refractivity contribution in [3.05, 3.63) is 46.2 Å². The molecule has 0 bridgehead atoms. The van der Waals surface area contributed by atoms with Crippen LogP contribution in [-0.4, -0.2) is 5.78 Å². The summed E-state index contributed by atoms with van der Waals surface area (Å²) in [4.78, 5) is 12.9. The number of rotatable bonds is 4. The Balaban J connectivity index is 2.23. The fraction of sp³-hybridized carbons (Fsp3) is 0.312. The monoisotopic (exact) mass is 258 g/mol. The van der Waals surface area contributed by atoms with Crippen LogP contribution in [0.3, 0.4) is 0 Å². The first-order chi connectivity index (χ1) is 8.56. The van der Waals surface area contributed by atoms with Gasteiger partial charge in [-0.25, -0.2) is 0 Å². The topological polar surface area (TPSA) is 17.1 Å². The average molecular weight is 258 g/mol. The highest BCUT2D eigenvalue weighted by atomic mass is 32.1. The summed E-state index contributed by atoms with van der Waals surface area (Å²) in [6.45, 7) is 6.24.